The molecule has 0 saturated carbocycles. The molecule has 0 aromatic heterocycles. The van der Waals surface area contributed by atoms with Crippen molar-refractivity contribution in [1.29, 1.82) is 0 Å². The molecule has 2 aromatic rings. The van der Waals surface area contributed by atoms with E-state index in [2.05, 4.69) is 20.8 Å². The molecule has 0 unspecified atom stereocenters. The summed E-state index contributed by atoms with van der Waals surface area (Å²) in [5, 5.41) is 0. The van der Waals surface area contributed by atoms with Crippen molar-refractivity contribution in [2.45, 2.75) is 0 Å². The van der Waals surface area contributed by atoms with Crippen molar-refractivity contribution in [3.8, 4) is 5.75 Å². The first-order valence-corrected chi connectivity index (χ1v) is 7.20. The van der Waals surface area contributed by atoms with Crippen LogP contribution in [-0.2, 0) is 0 Å². The summed E-state index contributed by atoms with van der Waals surface area (Å²) in [6.07, 6.45) is 0. The summed E-state index contributed by atoms with van der Waals surface area (Å²) in [6, 6.07) is 13.7. The minimum Gasteiger partial charge on any atom is -0.497 e. The third-order valence-corrected chi connectivity index (χ3v) is 3.91. The number of hydrogen-bond donors (Lipinski definition) is 1. The van der Waals surface area contributed by atoms with Gasteiger partial charge < -0.3 is 15.4 Å². The third kappa shape index (κ3) is 3.11. The van der Waals surface area contributed by atoms with Crippen molar-refractivity contribution in [2.75, 3.05) is 19.1 Å². The molecule has 0 amide bonds. The fourth-order valence-electron chi connectivity index (χ4n) is 1.89. The number of anilines is 2. The van der Waals surface area contributed by atoms with Gasteiger partial charge in [0.15, 0.2) is 0 Å². The lowest BCUT2D eigenvalue weighted by Gasteiger charge is -2.22. The summed E-state index contributed by atoms with van der Waals surface area (Å²) in [5.41, 5.74) is 8.54. The number of halogens is 1. The summed E-state index contributed by atoms with van der Waals surface area (Å²) < 4.78 is 6.19. The zero-order valence-electron chi connectivity index (χ0n) is 11.3. The number of nitrogens with zero attached hydrogens (tertiary/aromatic N) is 1. The maximum absolute atomic E-state index is 5.64. The summed E-state index contributed by atoms with van der Waals surface area (Å²) in [6.45, 7) is 0. The van der Waals surface area contributed by atoms with Crippen molar-refractivity contribution in [3.05, 3.63) is 52.5 Å². The molecule has 2 N–H and O–H groups in total. The van der Waals surface area contributed by atoms with E-state index in [0.717, 1.165) is 27.2 Å². The van der Waals surface area contributed by atoms with Crippen LogP contribution >= 0.6 is 28.1 Å². The molecule has 0 radical (unpaired) electrons. The lowest BCUT2D eigenvalue weighted by atomic mass is 10.2. The van der Waals surface area contributed by atoms with E-state index < -0.39 is 0 Å². The molecule has 0 bridgehead atoms. The van der Waals surface area contributed by atoms with Crippen molar-refractivity contribution in [1.82, 2.24) is 0 Å². The van der Waals surface area contributed by atoms with Gasteiger partial charge in [-0.3, -0.25) is 0 Å². The number of nitrogens with two attached hydrogens (primary N) is 1. The molecule has 0 saturated heterocycles. The molecular weight excluding hydrogens is 336 g/mol. The fourth-order valence-corrected chi connectivity index (χ4v) is 2.66. The first kappa shape index (κ1) is 14.8. The Morgan fingerprint density at radius 1 is 1.25 bits per heavy atom. The Hall–Kier alpha value is -1.59. The number of hydrogen-bond acceptors (Lipinski definition) is 3. The average molecular weight is 351 g/mol. The Bertz CT molecular complexity index is 646. The van der Waals surface area contributed by atoms with Gasteiger partial charge in [0.2, 0.25) is 0 Å². The lowest BCUT2D eigenvalue weighted by Crippen LogP contribution is -2.12. The van der Waals surface area contributed by atoms with E-state index in [4.69, 9.17) is 22.7 Å². The lowest BCUT2D eigenvalue weighted by molar-refractivity contribution is 0.415. The van der Waals surface area contributed by atoms with Gasteiger partial charge in [0.05, 0.1) is 12.8 Å². The van der Waals surface area contributed by atoms with Crippen LogP contribution < -0.4 is 15.4 Å². The van der Waals surface area contributed by atoms with Crippen LogP contribution in [0, 0.1) is 0 Å². The highest BCUT2D eigenvalue weighted by atomic mass is 79.9. The molecule has 0 spiro atoms. The second-order valence-electron chi connectivity index (χ2n) is 4.29. The molecule has 0 aliphatic carbocycles. The monoisotopic (exact) mass is 350 g/mol. The zero-order valence-corrected chi connectivity index (χ0v) is 13.7. The normalized spacial score (nSPS) is 10.2. The van der Waals surface area contributed by atoms with E-state index in [1.807, 2.05) is 49.5 Å². The zero-order chi connectivity index (χ0) is 14.7. The third-order valence-electron chi connectivity index (χ3n) is 3.03. The predicted octanol–water partition coefficient (Wildman–Crippen LogP) is 3.86. The van der Waals surface area contributed by atoms with Crippen LogP contribution in [0.4, 0.5) is 11.4 Å². The van der Waals surface area contributed by atoms with Gasteiger partial charge in [0.25, 0.3) is 0 Å². The second kappa shape index (κ2) is 6.24. The molecule has 20 heavy (non-hydrogen) atoms. The van der Waals surface area contributed by atoms with E-state index in [-0.39, 0.29) is 0 Å². The van der Waals surface area contributed by atoms with Crippen LogP contribution in [0.1, 0.15) is 5.56 Å². The number of rotatable bonds is 4. The van der Waals surface area contributed by atoms with Gasteiger partial charge in [-0.05, 0) is 46.3 Å². The summed E-state index contributed by atoms with van der Waals surface area (Å²) in [7, 11) is 3.65. The number of methoxy groups -OCH3 is 1. The molecule has 0 fully saturated rings. The van der Waals surface area contributed by atoms with Gasteiger partial charge in [0.1, 0.15) is 10.7 Å². The topological polar surface area (TPSA) is 38.5 Å². The first-order valence-electron chi connectivity index (χ1n) is 6.00. The Kier molecular flexibility index (Phi) is 4.62. The molecule has 0 heterocycles. The van der Waals surface area contributed by atoms with Crippen molar-refractivity contribution >= 4 is 44.5 Å². The average Bonchev–Trinajstić information content (AvgIpc) is 2.46. The van der Waals surface area contributed by atoms with Crippen LogP contribution in [0.15, 0.2) is 46.9 Å². The summed E-state index contributed by atoms with van der Waals surface area (Å²) >= 11 is 8.54. The molecule has 104 valence electrons. The van der Waals surface area contributed by atoms with Crippen LogP contribution in [0.2, 0.25) is 0 Å². The van der Waals surface area contributed by atoms with Gasteiger partial charge in [-0.15, -0.1) is 0 Å². The standard InChI is InChI=1S/C15H15BrN2OS/c1-18(11-4-3-5-12(9-11)19-2)14-7-6-10(15(17)20)8-13(14)16/h3-9H,1-2H3,(H2,17,20). The van der Waals surface area contributed by atoms with Crippen LogP contribution in [-0.4, -0.2) is 19.1 Å². The van der Waals surface area contributed by atoms with Crippen LogP contribution in [0.25, 0.3) is 0 Å². The van der Waals surface area contributed by atoms with E-state index in [1.165, 1.54) is 0 Å². The highest BCUT2D eigenvalue weighted by Gasteiger charge is 2.10. The Labute approximate surface area is 132 Å². The van der Waals surface area contributed by atoms with Crippen molar-refractivity contribution in [2.24, 2.45) is 5.73 Å². The Balaban J connectivity index is 2.37. The summed E-state index contributed by atoms with van der Waals surface area (Å²) in [4.78, 5) is 2.46. The SMILES string of the molecule is COc1cccc(N(C)c2ccc(C(N)=S)cc2Br)c1. The molecular formula is C15H15BrN2OS. The molecule has 2 aromatic carbocycles. The molecule has 3 nitrogen and oxygen atoms in total. The minimum atomic E-state index is 0.390. The molecule has 0 aliphatic heterocycles. The van der Waals surface area contributed by atoms with Crippen LogP contribution in [0.5, 0.6) is 5.75 Å². The molecule has 2 rings (SSSR count). The maximum atomic E-state index is 5.64. The summed E-state index contributed by atoms with van der Waals surface area (Å²) in [5.74, 6) is 0.824. The molecule has 0 atom stereocenters. The highest BCUT2D eigenvalue weighted by molar-refractivity contribution is 9.10. The predicted molar refractivity (Wildman–Crippen MR) is 91.1 cm³/mol. The number of ether oxygens (including phenoxy) is 1. The van der Waals surface area contributed by atoms with Gasteiger partial charge in [-0.1, -0.05) is 18.3 Å². The van der Waals surface area contributed by atoms with Crippen molar-refractivity contribution < 1.29 is 4.74 Å². The quantitative estimate of drug-likeness (QED) is 0.849. The largest absolute Gasteiger partial charge is 0.497 e. The number of thiocarbonyl (C=S) groups is 1. The molecule has 5 heteroatoms. The Morgan fingerprint density at radius 3 is 2.60 bits per heavy atom. The van der Waals surface area contributed by atoms with Gasteiger partial charge in [-0.25, -0.2) is 0 Å². The fraction of sp³-hybridized carbons (Fsp3) is 0.133. The molecule has 0 aliphatic rings. The maximum Gasteiger partial charge on any atom is 0.120 e. The number of benzene rings is 2. The van der Waals surface area contributed by atoms with E-state index in [1.54, 1.807) is 7.11 Å². The minimum absolute atomic E-state index is 0.390. The van der Waals surface area contributed by atoms with E-state index in [0.29, 0.717) is 4.99 Å². The van der Waals surface area contributed by atoms with Gasteiger partial charge in [-0.2, -0.15) is 0 Å². The second-order valence-corrected chi connectivity index (χ2v) is 5.59. The van der Waals surface area contributed by atoms with E-state index in [9.17, 15) is 0 Å². The smallest absolute Gasteiger partial charge is 0.120 e. The van der Waals surface area contributed by atoms with Crippen LogP contribution in [0.3, 0.4) is 0 Å². The first-order chi connectivity index (χ1) is 9.52. The Morgan fingerprint density at radius 2 is 2.00 bits per heavy atom. The van der Waals surface area contributed by atoms with Gasteiger partial charge >= 0.3 is 0 Å². The highest BCUT2D eigenvalue weighted by Crippen LogP contribution is 2.32. The van der Waals surface area contributed by atoms with E-state index >= 15 is 0 Å². The van der Waals surface area contributed by atoms with Crippen molar-refractivity contribution in [3.63, 3.8) is 0 Å². The van der Waals surface area contributed by atoms with Gasteiger partial charge in [0, 0.05) is 28.8 Å².